The molecule has 2 rings (SSSR count). The minimum atomic E-state index is -3.83. The monoisotopic (exact) mass is 448 g/mol. The molecule has 0 unspecified atom stereocenters. The molecule has 0 heterocycles. The molecule has 3 N–H and O–H groups in total. The fourth-order valence-electron chi connectivity index (χ4n) is 2.42. The molecule has 31 heavy (non-hydrogen) atoms. The predicted octanol–water partition coefficient (Wildman–Crippen LogP) is 2.33. The van der Waals surface area contributed by atoms with Gasteiger partial charge in [-0.25, -0.2) is 4.79 Å². The molecular formula is C20H24N4O6S. The van der Waals surface area contributed by atoms with Crippen LogP contribution in [0, 0.1) is 12.3 Å². The van der Waals surface area contributed by atoms with Gasteiger partial charge in [-0.2, -0.15) is 8.42 Å². The van der Waals surface area contributed by atoms with Crippen molar-refractivity contribution in [1.82, 2.24) is 5.17 Å². The minimum Gasteiger partial charge on any atom is -0.493 e. The summed E-state index contributed by atoms with van der Waals surface area (Å²) in [6, 6.07) is 13.6. The summed E-state index contributed by atoms with van der Waals surface area (Å²) in [5, 5.41) is 11.6. The van der Waals surface area contributed by atoms with E-state index in [2.05, 4.69) is 9.94 Å². The largest absolute Gasteiger partial charge is 0.493 e. The van der Waals surface area contributed by atoms with Gasteiger partial charge in [-0.1, -0.05) is 35.5 Å². The van der Waals surface area contributed by atoms with Crippen LogP contribution >= 0.6 is 0 Å². The second kappa shape index (κ2) is 11.0. The summed E-state index contributed by atoms with van der Waals surface area (Å²) in [7, 11) is -3.83. The lowest BCUT2D eigenvalue weighted by Crippen LogP contribution is -2.33. The number of hydrogen-bond acceptors (Lipinski definition) is 8. The van der Waals surface area contributed by atoms with E-state index in [1.165, 1.54) is 12.3 Å². The van der Waals surface area contributed by atoms with Crippen LogP contribution in [0.25, 0.3) is 0 Å². The molecule has 0 aliphatic rings. The molecule has 10 nitrogen and oxygen atoms in total. The number of hydrogen-bond donors (Lipinski definition) is 2. The van der Waals surface area contributed by atoms with Gasteiger partial charge in [0.05, 0.1) is 6.61 Å². The molecule has 0 saturated heterocycles. The van der Waals surface area contributed by atoms with Gasteiger partial charge >= 0.3 is 16.1 Å². The van der Waals surface area contributed by atoms with Crippen molar-refractivity contribution in [3.05, 3.63) is 59.7 Å². The first-order chi connectivity index (χ1) is 14.6. The summed E-state index contributed by atoms with van der Waals surface area (Å²) >= 11 is 0. The normalized spacial score (nSPS) is 11.2. The standard InChI is InChI=1S/C20H24N4O6S/c1-15-11-18(28-10-6-9-23-24(20(21)22)29-16(2)25)13-19(12-15)30-31(26,27)14-17-7-4-3-5-8-17/h3-5,7-9,11-13H,6,10,14H2,1-2H3,(H3,21,22). The van der Waals surface area contributed by atoms with Crippen molar-refractivity contribution in [2.75, 3.05) is 6.61 Å². The highest BCUT2D eigenvalue weighted by molar-refractivity contribution is 7.86. The van der Waals surface area contributed by atoms with Gasteiger partial charge in [-0.15, -0.1) is 5.10 Å². The molecule has 0 radical (unpaired) electrons. The maximum Gasteiger partial charge on any atom is 0.332 e. The fraction of sp³-hybridized carbons (Fsp3) is 0.250. The Hall–Kier alpha value is -3.60. The van der Waals surface area contributed by atoms with E-state index in [-0.39, 0.29) is 18.1 Å². The van der Waals surface area contributed by atoms with Crippen molar-refractivity contribution in [2.45, 2.75) is 26.0 Å². The molecule has 0 aliphatic carbocycles. The second-order valence-corrected chi connectivity index (χ2v) is 8.00. The Bertz CT molecular complexity index is 1040. The number of hydroxylamine groups is 1. The first-order valence-electron chi connectivity index (χ1n) is 9.20. The number of carbonyl (C=O) groups is 1. The van der Waals surface area contributed by atoms with Gasteiger partial charge in [0.1, 0.15) is 17.3 Å². The molecule has 0 spiro atoms. The molecule has 0 saturated carbocycles. The van der Waals surface area contributed by atoms with E-state index in [1.807, 2.05) is 0 Å². The zero-order valence-corrected chi connectivity index (χ0v) is 18.0. The Morgan fingerprint density at radius 3 is 2.52 bits per heavy atom. The van der Waals surface area contributed by atoms with Crippen molar-refractivity contribution in [3.8, 4) is 11.5 Å². The summed E-state index contributed by atoms with van der Waals surface area (Å²) in [5.41, 5.74) is 6.63. The van der Waals surface area contributed by atoms with Crippen LogP contribution in [0.3, 0.4) is 0 Å². The molecular weight excluding hydrogens is 424 g/mol. The summed E-state index contributed by atoms with van der Waals surface area (Å²) < 4.78 is 35.5. The van der Waals surface area contributed by atoms with E-state index in [0.717, 1.165) is 12.5 Å². The van der Waals surface area contributed by atoms with E-state index in [9.17, 15) is 13.2 Å². The number of hydrazone groups is 1. The minimum absolute atomic E-state index is 0.150. The van der Waals surface area contributed by atoms with Crippen LogP contribution in [0.15, 0.2) is 53.6 Å². The fourth-order valence-corrected chi connectivity index (χ4v) is 3.47. The average molecular weight is 449 g/mol. The van der Waals surface area contributed by atoms with Gasteiger partial charge in [0.15, 0.2) is 0 Å². The number of benzene rings is 2. The smallest absolute Gasteiger partial charge is 0.332 e. The highest BCUT2D eigenvalue weighted by Gasteiger charge is 2.15. The molecule has 2 aromatic rings. The maximum absolute atomic E-state index is 12.3. The molecule has 0 bridgehead atoms. The van der Waals surface area contributed by atoms with Gasteiger partial charge in [0.2, 0.25) is 5.96 Å². The third kappa shape index (κ3) is 8.74. The van der Waals surface area contributed by atoms with Crippen LogP contribution in [0.4, 0.5) is 0 Å². The summed E-state index contributed by atoms with van der Waals surface area (Å²) in [4.78, 5) is 15.6. The molecule has 11 heteroatoms. The Balaban J connectivity index is 1.94. The molecule has 2 aromatic carbocycles. The third-order valence-corrected chi connectivity index (χ3v) is 4.69. The molecule has 0 amide bonds. The topological polar surface area (TPSA) is 144 Å². The molecule has 166 valence electrons. The molecule has 0 aliphatic heterocycles. The number of nitrogens with one attached hydrogen (secondary N) is 1. The van der Waals surface area contributed by atoms with Crippen LogP contribution in [-0.2, 0) is 25.5 Å². The zero-order valence-electron chi connectivity index (χ0n) is 17.1. The quantitative estimate of drug-likeness (QED) is 0.195. The Kier molecular flexibility index (Phi) is 8.38. The van der Waals surface area contributed by atoms with Gasteiger partial charge in [-0.05, 0) is 30.2 Å². The van der Waals surface area contributed by atoms with Crippen molar-refractivity contribution < 1.29 is 27.0 Å². The Labute approximate surface area is 180 Å². The van der Waals surface area contributed by atoms with Gasteiger partial charge in [-0.3, -0.25) is 5.41 Å². The van der Waals surface area contributed by atoms with E-state index in [1.54, 1.807) is 49.4 Å². The number of ether oxygens (including phenoxy) is 1. The summed E-state index contributed by atoms with van der Waals surface area (Å²) in [5.74, 6) is -0.898. The zero-order chi connectivity index (χ0) is 22.9. The second-order valence-electron chi connectivity index (χ2n) is 6.43. The number of guanidine groups is 1. The van der Waals surface area contributed by atoms with E-state index >= 15 is 0 Å². The third-order valence-electron chi connectivity index (χ3n) is 3.56. The SMILES string of the molecule is CC(=O)ON(N=CCCOc1cc(C)cc(OS(=O)(=O)Cc2ccccc2)c1)C(=N)N. The number of carbonyl (C=O) groups excluding carboxylic acids is 1. The van der Waals surface area contributed by atoms with E-state index < -0.39 is 22.0 Å². The molecule has 0 fully saturated rings. The lowest BCUT2D eigenvalue weighted by atomic mass is 10.2. The number of aryl methyl sites for hydroxylation is 1. The van der Waals surface area contributed by atoms with Gasteiger partial charge in [0.25, 0.3) is 0 Å². The number of rotatable bonds is 9. The summed E-state index contributed by atoms with van der Waals surface area (Å²) in [6.07, 6.45) is 1.67. The number of nitrogens with zero attached hydrogens (tertiary/aromatic N) is 2. The van der Waals surface area contributed by atoms with Gasteiger partial charge in [0, 0.05) is 25.6 Å². The lowest BCUT2D eigenvalue weighted by Gasteiger charge is -2.13. The van der Waals surface area contributed by atoms with Crippen LogP contribution in [0.2, 0.25) is 0 Å². The van der Waals surface area contributed by atoms with Gasteiger partial charge < -0.3 is 19.5 Å². The first kappa shape index (κ1) is 23.7. The van der Waals surface area contributed by atoms with Crippen molar-refractivity contribution in [3.63, 3.8) is 0 Å². The first-order valence-corrected chi connectivity index (χ1v) is 10.8. The van der Waals surface area contributed by atoms with E-state index in [0.29, 0.717) is 22.9 Å². The predicted molar refractivity (Wildman–Crippen MR) is 115 cm³/mol. The Morgan fingerprint density at radius 1 is 1.19 bits per heavy atom. The van der Waals surface area contributed by atoms with Crippen molar-refractivity contribution in [1.29, 1.82) is 5.41 Å². The Morgan fingerprint density at radius 2 is 1.87 bits per heavy atom. The van der Waals surface area contributed by atoms with Crippen LogP contribution in [-0.4, -0.2) is 38.3 Å². The highest BCUT2D eigenvalue weighted by atomic mass is 32.2. The van der Waals surface area contributed by atoms with Crippen LogP contribution in [0.5, 0.6) is 11.5 Å². The average Bonchev–Trinajstić information content (AvgIpc) is 2.66. The lowest BCUT2D eigenvalue weighted by molar-refractivity contribution is -0.170. The summed E-state index contributed by atoms with van der Waals surface area (Å²) in [6.45, 7) is 3.13. The number of nitrogens with two attached hydrogens (primary N) is 1. The van der Waals surface area contributed by atoms with Crippen molar-refractivity contribution in [2.24, 2.45) is 10.8 Å². The molecule has 0 atom stereocenters. The van der Waals surface area contributed by atoms with Crippen LogP contribution < -0.4 is 14.7 Å². The maximum atomic E-state index is 12.3. The highest BCUT2D eigenvalue weighted by Crippen LogP contribution is 2.24. The van der Waals surface area contributed by atoms with E-state index in [4.69, 9.17) is 20.1 Å². The molecule has 0 aromatic heterocycles. The van der Waals surface area contributed by atoms with Crippen molar-refractivity contribution >= 4 is 28.3 Å². The van der Waals surface area contributed by atoms with Crippen LogP contribution in [0.1, 0.15) is 24.5 Å².